The predicted octanol–water partition coefficient (Wildman–Crippen LogP) is 2.80. The van der Waals surface area contributed by atoms with Crippen LogP contribution in [0.15, 0.2) is 36.4 Å². The number of carboxylic acid groups (broad SMARTS) is 1. The smallest absolute Gasteiger partial charge is 0.303 e. The Kier molecular flexibility index (Phi) is 4.96. The molecule has 2 aromatic carbocycles. The zero-order chi connectivity index (χ0) is 14.4. The normalized spacial score (nSPS) is 10.7. The molecule has 0 amide bonds. The van der Waals surface area contributed by atoms with Crippen molar-refractivity contribution in [3.8, 4) is 5.75 Å². The van der Waals surface area contributed by atoms with Gasteiger partial charge in [0, 0.05) is 18.4 Å². The molecule has 0 aliphatic heterocycles. The van der Waals surface area contributed by atoms with Gasteiger partial charge in [0.2, 0.25) is 0 Å². The van der Waals surface area contributed by atoms with Crippen molar-refractivity contribution in [2.75, 3.05) is 13.7 Å². The number of rotatable bonds is 7. The molecule has 0 atom stereocenters. The number of fused-ring (bicyclic) bond motifs is 1. The minimum Gasteiger partial charge on any atom is -0.496 e. The largest absolute Gasteiger partial charge is 0.496 e. The van der Waals surface area contributed by atoms with Crippen molar-refractivity contribution in [1.82, 2.24) is 5.32 Å². The molecule has 0 aromatic heterocycles. The maximum absolute atomic E-state index is 10.4. The molecule has 0 saturated carbocycles. The second-order valence-electron chi connectivity index (χ2n) is 4.69. The van der Waals surface area contributed by atoms with E-state index < -0.39 is 5.97 Å². The third-order valence-electron chi connectivity index (χ3n) is 3.18. The summed E-state index contributed by atoms with van der Waals surface area (Å²) in [6.07, 6.45) is 0.841. The Labute approximate surface area is 118 Å². The SMILES string of the molecule is COc1cc(CNCCCC(=O)O)cc2ccccc12. The van der Waals surface area contributed by atoms with Gasteiger partial charge in [0.05, 0.1) is 7.11 Å². The van der Waals surface area contributed by atoms with Gasteiger partial charge in [0.1, 0.15) is 5.75 Å². The molecule has 0 spiro atoms. The number of ether oxygens (including phenoxy) is 1. The van der Waals surface area contributed by atoms with E-state index in [-0.39, 0.29) is 6.42 Å². The summed E-state index contributed by atoms with van der Waals surface area (Å²) in [5.41, 5.74) is 1.14. The minimum atomic E-state index is -0.751. The fourth-order valence-electron chi connectivity index (χ4n) is 2.20. The van der Waals surface area contributed by atoms with E-state index in [1.165, 1.54) is 0 Å². The molecule has 0 heterocycles. The molecule has 0 unspecified atom stereocenters. The summed E-state index contributed by atoms with van der Waals surface area (Å²) in [7, 11) is 1.67. The third-order valence-corrected chi connectivity index (χ3v) is 3.18. The zero-order valence-electron chi connectivity index (χ0n) is 11.6. The first kappa shape index (κ1) is 14.3. The van der Waals surface area contributed by atoms with Crippen LogP contribution in [-0.4, -0.2) is 24.7 Å². The van der Waals surface area contributed by atoms with Crippen LogP contribution in [0.3, 0.4) is 0 Å². The number of methoxy groups -OCH3 is 1. The first-order valence-corrected chi connectivity index (χ1v) is 6.69. The highest BCUT2D eigenvalue weighted by Gasteiger charge is 2.04. The van der Waals surface area contributed by atoms with E-state index in [1.807, 2.05) is 24.3 Å². The summed E-state index contributed by atoms with van der Waals surface area (Å²) in [6, 6.07) is 12.2. The number of benzene rings is 2. The molecule has 4 heteroatoms. The van der Waals surface area contributed by atoms with E-state index in [0.29, 0.717) is 19.5 Å². The van der Waals surface area contributed by atoms with Crippen molar-refractivity contribution in [2.24, 2.45) is 0 Å². The van der Waals surface area contributed by atoms with Gasteiger partial charge in [-0.05, 0) is 36.0 Å². The van der Waals surface area contributed by atoms with Gasteiger partial charge in [-0.2, -0.15) is 0 Å². The molecule has 4 nitrogen and oxygen atoms in total. The second kappa shape index (κ2) is 6.91. The summed E-state index contributed by atoms with van der Waals surface area (Å²) >= 11 is 0. The van der Waals surface area contributed by atoms with Gasteiger partial charge in [-0.15, -0.1) is 0 Å². The van der Waals surface area contributed by atoms with Crippen molar-refractivity contribution in [3.05, 3.63) is 42.0 Å². The zero-order valence-corrected chi connectivity index (χ0v) is 11.6. The summed E-state index contributed by atoms with van der Waals surface area (Å²) < 4.78 is 5.42. The molecule has 106 valence electrons. The van der Waals surface area contributed by atoms with Crippen LogP contribution in [0.5, 0.6) is 5.75 Å². The topological polar surface area (TPSA) is 58.6 Å². The standard InChI is InChI=1S/C16H19NO3/c1-20-15-10-12(11-17-8-4-7-16(18)19)9-13-5-2-3-6-14(13)15/h2-3,5-6,9-10,17H,4,7-8,11H2,1H3,(H,18,19). The van der Waals surface area contributed by atoms with Gasteiger partial charge in [0.25, 0.3) is 0 Å². The lowest BCUT2D eigenvalue weighted by Gasteiger charge is -2.10. The highest BCUT2D eigenvalue weighted by Crippen LogP contribution is 2.27. The maximum atomic E-state index is 10.4. The fourth-order valence-corrected chi connectivity index (χ4v) is 2.20. The second-order valence-corrected chi connectivity index (χ2v) is 4.69. The molecule has 0 aliphatic carbocycles. The average molecular weight is 273 g/mol. The Balaban J connectivity index is 2.01. The molecule has 0 saturated heterocycles. The number of aliphatic carboxylic acids is 1. The average Bonchev–Trinajstić information content (AvgIpc) is 2.45. The van der Waals surface area contributed by atoms with Crippen molar-refractivity contribution in [1.29, 1.82) is 0 Å². The van der Waals surface area contributed by atoms with Gasteiger partial charge in [-0.25, -0.2) is 0 Å². The van der Waals surface area contributed by atoms with Crippen molar-refractivity contribution in [3.63, 3.8) is 0 Å². The van der Waals surface area contributed by atoms with Crippen molar-refractivity contribution < 1.29 is 14.6 Å². The van der Waals surface area contributed by atoms with Crippen molar-refractivity contribution in [2.45, 2.75) is 19.4 Å². The summed E-state index contributed by atoms with van der Waals surface area (Å²) in [5, 5.41) is 14.1. The Bertz CT molecular complexity index is 595. The van der Waals surface area contributed by atoms with Gasteiger partial charge in [0.15, 0.2) is 0 Å². The van der Waals surface area contributed by atoms with Crippen LogP contribution in [0, 0.1) is 0 Å². The van der Waals surface area contributed by atoms with E-state index in [1.54, 1.807) is 7.11 Å². The number of hydrogen-bond acceptors (Lipinski definition) is 3. The number of carboxylic acids is 1. The summed E-state index contributed by atoms with van der Waals surface area (Å²) in [4.78, 5) is 10.4. The van der Waals surface area contributed by atoms with Crippen LogP contribution in [0.1, 0.15) is 18.4 Å². The first-order valence-electron chi connectivity index (χ1n) is 6.69. The Hall–Kier alpha value is -2.07. The molecule has 0 aliphatic rings. The predicted molar refractivity (Wildman–Crippen MR) is 79.1 cm³/mol. The number of nitrogens with one attached hydrogen (secondary N) is 1. The molecule has 2 N–H and O–H groups in total. The van der Waals surface area contributed by atoms with Crippen LogP contribution >= 0.6 is 0 Å². The number of carbonyl (C=O) groups is 1. The van der Waals surface area contributed by atoms with E-state index in [4.69, 9.17) is 9.84 Å². The van der Waals surface area contributed by atoms with Crippen molar-refractivity contribution >= 4 is 16.7 Å². The molecule has 20 heavy (non-hydrogen) atoms. The van der Waals surface area contributed by atoms with Crippen LogP contribution < -0.4 is 10.1 Å². The van der Waals surface area contributed by atoms with Gasteiger partial charge < -0.3 is 15.2 Å². The highest BCUT2D eigenvalue weighted by atomic mass is 16.5. The van der Waals surface area contributed by atoms with Crippen LogP contribution in [0.2, 0.25) is 0 Å². The lowest BCUT2D eigenvalue weighted by molar-refractivity contribution is -0.137. The molecule has 0 fully saturated rings. The molecular weight excluding hydrogens is 254 g/mol. The highest BCUT2D eigenvalue weighted by molar-refractivity contribution is 5.89. The van der Waals surface area contributed by atoms with E-state index in [0.717, 1.165) is 22.1 Å². The first-order chi connectivity index (χ1) is 9.70. The Morgan fingerprint density at radius 2 is 2.10 bits per heavy atom. The molecule has 0 radical (unpaired) electrons. The maximum Gasteiger partial charge on any atom is 0.303 e. The monoisotopic (exact) mass is 273 g/mol. The summed E-state index contributed by atoms with van der Waals surface area (Å²) in [5.74, 6) is 0.115. The fraction of sp³-hybridized carbons (Fsp3) is 0.312. The molecule has 2 rings (SSSR count). The molecular formula is C16H19NO3. The van der Waals surface area contributed by atoms with Gasteiger partial charge >= 0.3 is 5.97 Å². The summed E-state index contributed by atoms with van der Waals surface area (Å²) in [6.45, 7) is 1.41. The Morgan fingerprint density at radius 1 is 1.30 bits per heavy atom. The van der Waals surface area contributed by atoms with Crippen LogP contribution in [0.4, 0.5) is 0 Å². The quantitative estimate of drug-likeness (QED) is 0.762. The molecule has 0 bridgehead atoms. The lowest BCUT2D eigenvalue weighted by Crippen LogP contribution is -2.15. The minimum absolute atomic E-state index is 0.202. The van der Waals surface area contributed by atoms with E-state index in [9.17, 15) is 4.79 Å². The Morgan fingerprint density at radius 3 is 2.85 bits per heavy atom. The van der Waals surface area contributed by atoms with Crippen LogP contribution in [-0.2, 0) is 11.3 Å². The van der Waals surface area contributed by atoms with Crippen LogP contribution in [0.25, 0.3) is 10.8 Å². The van der Waals surface area contributed by atoms with E-state index >= 15 is 0 Å². The van der Waals surface area contributed by atoms with Gasteiger partial charge in [-0.1, -0.05) is 24.3 Å². The van der Waals surface area contributed by atoms with E-state index in [2.05, 4.69) is 17.4 Å². The third kappa shape index (κ3) is 3.71. The lowest BCUT2D eigenvalue weighted by atomic mass is 10.1. The molecule has 2 aromatic rings. The van der Waals surface area contributed by atoms with Gasteiger partial charge in [-0.3, -0.25) is 4.79 Å². The number of hydrogen-bond donors (Lipinski definition) is 2.